The topological polar surface area (TPSA) is 62.3 Å². The quantitative estimate of drug-likeness (QED) is 0.817. The number of nitrogens with zero attached hydrogens (tertiary/aromatic N) is 2. The number of para-hydroxylation sites is 1. The number of carbonyl (C=O) groups excluding carboxylic acids is 2. The van der Waals surface area contributed by atoms with Crippen LogP contribution in [0.3, 0.4) is 0 Å². The minimum atomic E-state index is -0.322. The summed E-state index contributed by atoms with van der Waals surface area (Å²) in [6, 6.07) is 12.7. The molecular formula is C22H29N3O2. The van der Waals surface area contributed by atoms with Crippen molar-refractivity contribution in [3.05, 3.63) is 59.4 Å². The summed E-state index contributed by atoms with van der Waals surface area (Å²) < 4.78 is 0. The Labute approximate surface area is 161 Å². The monoisotopic (exact) mass is 367 g/mol. The van der Waals surface area contributed by atoms with Crippen LogP contribution >= 0.6 is 0 Å². The predicted octanol–water partition coefficient (Wildman–Crippen LogP) is 4.50. The van der Waals surface area contributed by atoms with Crippen LogP contribution in [-0.2, 0) is 5.41 Å². The SMILES string of the molecule is CCCCN(C)C(=O)c1cccc(C(=O)Nc2ccccc2C(C)(C)C)n1. The molecular weight excluding hydrogens is 338 g/mol. The van der Waals surface area contributed by atoms with Crippen LogP contribution in [-0.4, -0.2) is 35.3 Å². The zero-order chi connectivity index (χ0) is 20.0. The van der Waals surface area contributed by atoms with Crippen LogP contribution in [0.5, 0.6) is 0 Å². The van der Waals surface area contributed by atoms with Gasteiger partial charge in [-0.05, 0) is 35.6 Å². The molecule has 5 nitrogen and oxygen atoms in total. The van der Waals surface area contributed by atoms with Gasteiger partial charge in [0.15, 0.2) is 0 Å². The molecule has 0 saturated carbocycles. The lowest BCUT2D eigenvalue weighted by Crippen LogP contribution is -2.29. The first-order chi connectivity index (χ1) is 12.7. The van der Waals surface area contributed by atoms with E-state index >= 15 is 0 Å². The second-order valence-electron chi connectivity index (χ2n) is 7.74. The standard InChI is InChI=1S/C22H29N3O2/c1-6-7-15-25(5)21(27)19-14-10-13-18(23-19)20(26)24-17-12-9-8-11-16(17)22(2,3)4/h8-14H,6-7,15H2,1-5H3,(H,24,26). The van der Waals surface area contributed by atoms with Gasteiger partial charge in [0.2, 0.25) is 0 Å². The average molecular weight is 367 g/mol. The first kappa shape index (κ1) is 20.6. The molecule has 1 aromatic carbocycles. The Kier molecular flexibility index (Phi) is 6.72. The highest BCUT2D eigenvalue weighted by atomic mass is 16.2. The molecule has 5 heteroatoms. The van der Waals surface area contributed by atoms with Gasteiger partial charge in [0.25, 0.3) is 11.8 Å². The van der Waals surface area contributed by atoms with Crippen molar-refractivity contribution in [2.75, 3.05) is 18.9 Å². The van der Waals surface area contributed by atoms with Gasteiger partial charge in [-0.3, -0.25) is 9.59 Å². The van der Waals surface area contributed by atoms with Crippen molar-refractivity contribution >= 4 is 17.5 Å². The van der Waals surface area contributed by atoms with E-state index < -0.39 is 0 Å². The maximum atomic E-state index is 12.7. The van der Waals surface area contributed by atoms with Crippen LogP contribution in [0.2, 0.25) is 0 Å². The maximum Gasteiger partial charge on any atom is 0.274 e. The number of anilines is 1. The van der Waals surface area contributed by atoms with Gasteiger partial charge in [-0.1, -0.05) is 58.4 Å². The van der Waals surface area contributed by atoms with Crippen molar-refractivity contribution in [1.82, 2.24) is 9.88 Å². The van der Waals surface area contributed by atoms with Gasteiger partial charge in [-0.15, -0.1) is 0 Å². The third-order valence-corrected chi connectivity index (χ3v) is 4.38. The molecule has 1 heterocycles. The van der Waals surface area contributed by atoms with Gasteiger partial charge in [-0.2, -0.15) is 0 Å². The van der Waals surface area contributed by atoms with Crippen molar-refractivity contribution < 1.29 is 9.59 Å². The predicted molar refractivity (Wildman–Crippen MR) is 109 cm³/mol. The van der Waals surface area contributed by atoms with E-state index in [2.05, 4.69) is 38.0 Å². The molecule has 0 spiro atoms. The van der Waals surface area contributed by atoms with Crippen molar-refractivity contribution in [1.29, 1.82) is 0 Å². The summed E-state index contributed by atoms with van der Waals surface area (Å²) in [5.74, 6) is -0.495. The van der Waals surface area contributed by atoms with E-state index in [0.29, 0.717) is 6.54 Å². The van der Waals surface area contributed by atoms with E-state index in [1.54, 1.807) is 30.1 Å². The van der Waals surface area contributed by atoms with E-state index in [1.165, 1.54) is 0 Å². The molecule has 0 bridgehead atoms. The summed E-state index contributed by atoms with van der Waals surface area (Å²) in [7, 11) is 1.76. The maximum absolute atomic E-state index is 12.7. The third-order valence-electron chi connectivity index (χ3n) is 4.38. The fourth-order valence-corrected chi connectivity index (χ4v) is 2.81. The van der Waals surface area contributed by atoms with Gasteiger partial charge < -0.3 is 10.2 Å². The largest absolute Gasteiger partial charge is 0.340 e. The van der Waals surface area contributed by atoms with Crippen molar-refractivity contribution in [2.45, 2.75) is 46.0 Å². The number of rotatable bonds is 6. The van der Waals surface area contributed by atoms with Gasteiger partial charge in [0.1, 0.15) is 11.4 Å². The smallest absolute Gasteiger partial charge is 0.274 e. The van der Waals surface area contributed by atoms with Crippen LogP contribution in [0.25, 0.3) is 0 Å². The van der Waals surface area contributed by atoms with Gasteiger partial charge >= 0.3 is 0 Å². The summed E-state index contributed by atoms with van der Waals surface area (Å²) in [4.78, 5) is 31.1. The molecule has 0 aliphatic carbocycles. The number of amides is 2. The second-order valence-corrected chi connectivity index (χ2v) is 7.74. The normalized spacial score (nSPS) is 11.1. The lowest BCUT2D eigenvalue weighted by Gasteiger charge is -2.23. The first-order valence-electron chi connectivity index (χ1n) is 9.37. The molecule has 0 radical (unpaired) electrons. The van der Waals surface area contributed by atoms with Gasteiger partial charge in [-0.25, -0.2) is 4.98 Å². The minimum Gasteiger partial charge on any atom is -0.340 e. The molecule has 1 N–H and O–H groups in total. The summed E-state index contributed by atoms with van der Waals surface area (Å²) in [5, 5.41) is 2.94. The zero-order valence-electron chi connectivity index (χ0n) is 16.9. The minimum absolute atomic E-state index is 0.100. The molecule has 0 unspecified atom stereocenters. The number of hydrogen-bond donors (Lipinski definition) is 1. The molecule has 0 aliphatic rings. The highest BCUT2D eigenvalue weighted by molar-refractivity contribution is 6.04. The highest BCUT2D eigenvalue weighted by Crippen LogP contribution is 2.29. The number of benzene rings is 1. The molecule has 0 atom stereocenters. The molecule has 1 aromatic heterocycles. The summed E-state index contributed by atoms with van der Waals surface area (Å²) in [6.07, 6.45) is 1.95. The van der Waals surface area contributed by atoms with Gasteiger partial charge in [0, 0.05) is 19.3 Å². The van der Waals surface area contributed by atoms with Gasteiger partial charge in [0.05, 0.1) is 0 Å². The van der Waals surface area contributed by atoms with Crippen LogP contribution in [0, 0.1) is 0 Å². The molecule has 2 amide bonds. The Morgan fingerprint density at radius 1 is 1.04 bits per heavy atom. The van der Waals surface area contributed by atoms with Crippen molar-refractivity contribution in [2.24, 2.45) is 0 Å². The van der Waals surface area contributed by atoms with Crippen LogP contribution in [0.1, 0.15) is 67.1 Å². The highest BCUT2D eigenvalue weighted by Gasteiger charge is 2.20. The second kappa shape index (κ2) is 8.80. The lowest BCUT2D eigenvalue weighted by atomic mass is 9.86. The Balaban J connectivity index is 2.20. The molecule has 0 saturated heterocycles. The fourth-order valence-electron chi connectivity index (χ4n) is 2.81. The van der Waals surface area contributed by atoms with E-state index in [0.717, 1.165) is 24.1 Å². The lowest BCUT2D eigenvalue weighted by molar-refractivity contribution is 0.0787. The Morgan fingerprint density at radius 2 is 1.70 bits per heavy atom. The Morgan fingerprint density at radius 3 is 2.37 bits per heavy atom. The van der Waals surface area contributed by atoms with Crippen LogP contribution < -0.4 is 5.32 Å². The van der Waals surface area contributed by atoms with E-state index in [9.17, 15) is 9.59 Å². The third kappa shape index (κ3) is 5.39. The number of aromatic nitrogens is 1. The van der Waals surface area contributed by atoms with Crippen LogP contribution in [0.15, 0.2) is 42.5 Å². The Hall–Kier alpha value is -2.69. The number of pyridine rings is 1. The number of carbonyl (C=O) groups is 2. The fraction of sp³-hybridized carbons (Fsp3) is 0.409. The van der Waals surface area contributed by atoms with Crippen molar-refractivity contribution in [3.8, 4) is 0 Å². The summed E-state index contributed by atoms with van der Waals surface area (Å²) in [6.45, 7) is 9.05. The Bertz CT molecular complexity index is 809. The van der Waals surface area contributed by atoms with Crippen LogP contribution in [0.4, 0.5) is 5.69 Å². The van der Waals surface area contributed by atoms with E-state index in [-0.39, 0.29) is 28.6 Å². The molecule has 0 aliphatic heterocycles. The number of hydrogen-bond acceptors (Lipinski definition) is 3. The molecule has 0 fully saturated rings. The molecule has 2 rings (SSSR count). The molecule has 144 valence electrons. The number of unbranched alkanes of at least 4 members (excludes halogenated alkanes) is 1. The zero-order valence-corrected chi connectivity index (χ0v) is 16.9. The molecule has 2 aromatic rings. The van der Waals surface area contributed by atoms with E-state index in [4.69, 9.17) is 0 Å². The molecule has 27 heavy (non-hydrogen) atoms. The van der Waals surface area contributed by atoms with E-state index in [1.807, 2.05) is 24.3 Å². The number of nitrogens with one attached hydrogen (secondary N) is 1. The average Bonchev–Trinajstić information content (AvgIpc) is 2.65. The van der Waals surface area contributed by atoms with Crippen molar-refractivity contribution in [3.63, 3.8) is 0 Å². The first-order valence-corrected chi connectivity index (χ1v) is 9.37. The summed E-state index contributed by atoms with van der Waals surface area (Å²) >= 11 is 0. The summed E-state index contributed by atoms with van der Waals surface area (Å²) in [5.41, 5.74) is 2.22.